The summed E-state index contributed by atoms with van der Waals surface area (Å²) in [7, 11) is 0. The van der Waals surface area contributed by atoms with Crippen LogP contribution in [0.2, 0.25) is 0 Å². The molecule has 0 spiro atoms. The Morgan fingerprint density at radius 2 is 2.31 bits per heavy atom. The van der Waals surface area contributed by atoms with Crippen molar-refractivity contribution in [3.63, 3.8) is 0 Å². The molecule has 2 fully saturated rings. The summed E-state index contributed by atoms with van der Waals surface area (Å²) in [6.07, 6.45) is 5.86. The second-order valence-corrected chi connectivity index (χ2v) is 5.57. The minimum absolute atomic E-state index is 0.332. The second kappa shape index (κ2) is 4.62. The molecule has 1 heterocycles. The van der Waals surface area contributed by atoms with Crippen LogP contribution >= 0.6 is 0 Å². The molecule has 16 heavy (non-hydrogen) atoms. The summed E-state index contributed by atoms with van der Waals surface area (Å²) in [5.74, 6) is 1.28. The first-order valence-corrected chi connectivity index (χ1v) is 6.36. The van der Waals surface area contributed by atoms with Crippen LogP contribution in [0.1, 0.15) is 39.0 Å². The van der Waals surface area contributed by atoms with Crippen molar-refractivity contribution in [1.82, 2.24) is 4.90 Å². The molecule has 0 radical (unpaired) electrons. The van der Waals surface area contributed by atoms with Gasteiger partial charge in [-0.05, 0) is 37.1 Å². The van der Waals surface area contributed by atoms with Gasteiger partial charge >= 0.3 is 0 Å². The van der Waals surface area contributed by atoms with E-state index in [1.165, 1.54) is 38.8 Å². The van der Waals surface area contributed by atoms with Gasteiger partial charge in [0.1, 0.15) is 5.84 Å². The summed E-state index contributed by atoms with van der Waals surface area (Å²) in [5, 5.41) is 11.7. The Hall–Kier alpha value is -0.770. The van der Waals surface area contributed by atoms with E-state index in [0.29, 0.717) is 11.3 Å². The van der Waals surface area contributed by atoms with Crippen molar-refractivity contribution in [2.75, 3.05) is 19.6 Å². The standard InChI is InChI=1S/C12H23N3O/c1-2-10-3-6-15(8-10)9-12(4-5-12)7-11(13)14-16/h10,16H,2-9H2,1H3,(H2,13,14). The molecule has 1 unspecified atom stereocenters. The van der Waals surface area contributed by atoms with Crippen LogP contribution in [0, 0.1) is 11.3 Å². The molecule has 1 aliphatic heterocycles. The van der Waals surface area contributed by atoms with Crippen molar-refractivity contribution in [3.05, 3.63) is 0 Å². The van der Waals surface area contributed by atoms with E-state index in [1.807, 2.05) is 0 Å². The number of hydrogen-bond acceptors (Lipinski definition) is 3. The van der Waals surface area contributed by atoms with Crippen LogP contribution in [0.3, 0.4) is 0 Å². The predicted octanol–water partition coefficient (Wildman–Crippen LogP) is 1.64. The van der Waals surface area contributed by atoms with Gasteiger partial charge in [0.05, 0.1) is 0 Å². The third-order valence-electron chi connectivity index (χ3n) is 4.15. The maximum absolute atomic E-state index is 8.62. The number of hydrogen-bond donors (Lipinski definition) is 2. The fourth-order valence-corrected chi connectivity index (χ4v) is 2.85. The molecule has 1 atom stereocenters. The quantitative estimate of drug-likeness (QED) is 0.323. The van der Waals surface area contributed by atoms with E-state index in [-0.39, 0.29) is 0 Å². The van der Waals surface area contributed by atoms with Crippen molar-refractivity contribution in [3.8, 4) is 0 Å². The van der Waals surface area contributed by atoms with E-state index in [9.17, 15) is 0 Å². The maximum atomic E-state index is 8.62. The number of likely N-dealkylation sites (tertiary alicyclic amines) is 1. The Balaban J connectivity index is 1.81. The van der Waals surface area contributed by atoms with E-state index >= 15 is 0 Å². The second-order valence-electron chi connectivity index (χ2n) is 5.57. The van der Waals surface area contributed by atoms with Crippen molar-refractivity contribution < 1.29 is 5.21 Å². The molecule has 1 aliphatic carbocycles. The molecule has 4 nitrogen and oxygen atoms in total. The zero-order chi connectivity index (χ0) is 11.6. The lowest BCUT2D eigenvalue weighted by atomic mass is 10.0. The number of amidine groups is 1. The first kappa shape index (κ1) is 11.7. The van der Waals surface area contributed by atoms with E-state index in [1.54, 1.807) is 0 Å². The molecular weight excluding hydrogens is 202 g/mol. The summed E-state index contributed by atoms with van der Waals surface area (Å²) in [6, 6.07) is 0. The van der Waals surface area contributed by atoms with Crippen molar-refractivity contribution >= 4 is 5.84 Å². The number of nitrogens with two attached hydrogens (primary N) is 1. The van der Waals surface area contributed by atoms with E-state index < -0.39 is 0 Å². The normalized spacial score (nSPS) is 29.6. The smallest absolute Gasteiger partial charge is 0.139 e. The molecule has 4 heteroatoms. The SMILES string of the molecule is CCC1CCN(CC2(CC(N)=NO)CC2)C1. The largest absolute Gasteiger partial charge is 0.409 e. The van der Waals surface area contributed by atoms with E-state index in [0.717, 1.165) is 18.9 Å². The number of oxime groups is 1. The Morgan fingerprint density at radius 3 is 2.81 bits per heavy atom. The zero-order valence-corrected chi connectivity index (χ0v) is 10.2. The van der Waals surface area contributed by atoms with Crippen molar-refractivity contribution in [1.29, 1.82) is 0 Å². The third kappa shape index (κ3) is 2.67. The van der Waals surface area contributed by atoms with Crippen molar-refractivity contribution in [2.45, 2.75) is 39.0 Å². The molecule has 2 rings (SSSR count). The summed E-state index contributed by atoms with van der Waals surface area (Å²) >= 11 is 0. The monoisotopic (exact) mass is 225 g/mol. The minimum Gasteiger partial charge on any atom is -0.409 e. The molecule has 1 saturated carbocycles. The molecule has 0 aromatic carbocycles. The van der Waals surface area contributed by atoms with Crippen LogP contribution in [0.25, 0.3) is 0 Å². The highest BCUT2D eigenvalue weighted by Gasteiger charge is 2.45. The zero-order valence-electron chi connectivity index (χ0n) is 10.2. The number of nitrogens with zero attached hydrogens (tertiary/aromatic N) is 2. The van der Waals surface area contributed by atoms with Gasteiger partial charge in [-0.25, -0.2) is 0 Å². The molecule has 0 aromatic heterocycles. The third-order valence-corrected chi connectivity index (χ3v) is 4.15. The fraction of sp³-hybridized carbons (Fsp3) is 0.917. The first-order chi connectivity index (χ1) is 7.67. The minimum atomic E-state index is 0.332. The van der Waals surface area contributed by atoms with Gasteiger partial charge in [-0.3, -0.25) is 0 Å². The molecule has 0 aromatic rings. The highest BCUT2D eigenvalue weighted by Crippen LogP contribution is 2.49. The summed E-state index contributed by atoms with van der Waals surface area (Å²) < 4.78 is 0. The van der Waals surface area contributed by atoms with Gasteiger partial charge in [-0.15, -0.1) is 0 Å². The van der Waals surface area contributed by atoms with Crippen LogP contribution in [0.4, 0.5) is 0 Å². The molecular formula is C12H23N3O. The van der Waals surface area contributed by atoms with Crippen LogP contribution < -0.4 is 5.73 Å². The van der Waals surface area contributed by atoms with Crippen LogP contribution in [0.15, 0.2) is 5.16 Å². The average Bonchev–Trinajstić information content (AvgIpc) is 2.87. The summed E-state index contributed by atoms with van der Waals surface area (Å²) in [6.45, 7) is 5.89. The summed E-state index contributed by atoms with van der Waals surface area (Å²) in [4.78, 5) is 2.56. The first-order valence-electron chi connectivity index (χ1n) is 6.36. The van der Waals surface area contributed by atoms with Gasteiger partial charge in [0.25, 0.3) is 0 Å². The van der Waals surface area contributed by atoms with Gasteiger partial charge in [0, 0.05) is 19.5 Å². The van der Waals surface area contributed by atoms with Crippen LogP contribution in [0.5, 0.6) is 0 Å². The molecule has 3 N–H and O–H groups in total. The molecule has 0 bridgehead atoms. The molecule has 92 valence electrons. The maximum Gasteiger partial charge on any atom is 0.139 e. The lowest BCUT2D eigenvalue weighted by Gasteiger charge is -2.22. The topological polar surface area (TPSA) is 61.8 Å². The van der Waals surface area contributed by atoms with Gasteiger partial charge in [0.2, 0.25) is 0 Å². The average molecular weight is 225 g/mol. The fourth-order valence-electron chi connectivity index (χ4n) is 2.85. The van der Waals surface area contributed by atoms with Crippen LogP contribution in [-0.4, -0.2) is 35.6 Å². The Bertz CT molecular complexity index is 273. The van der Waals surface area contributed by atoms with Gasteiger partial charge in [0.15, 0.2) is 0 Å². The molecule has 0 amide bonds. The molecule has 1 saturated heterocycles. The number of rotatable bonds is 5. The lowest BCUT2D eigenvalue weighted by molar-refractivity contribution is 0.255. The lowest BCUT2D eigenvalue weighted by Crippen LogP contribution is -2.31. The van der Waals surface area contributed by atoms with Gasteiger partial charge in [-0.1, -0.05) is 18.5 Å². The summed E-state index contributed by atoms with van der Waals surface area (Å²) in [5.41, 5.74) is 5.94. The molecule has 2 aliphatic rings. The highest BCUT2D eigenvalue weighted by atomic mass is 16.4. The Labute approximate surface area is 97.5 Å². The predicted molar refractivity (Wildman–Crippen MR) is 64.5 cm³/mol. The Morgan fingerprint density at radius 1 is 1.56 bits per heavy atom. The Kier molecular flexibility index (Phi) is 3.38. The van der Waals surface area contributed by atoms with Crippen molar-refractivity contribution in [2.24, 2.45) is 22.2 Å². The van der Waals surface area contributed by atoms with E-state index in [2.05, 4.69) is 17.0 Å². The van der Waals surface area contributed by atoms with Gasteiger partial charge in [-0.2, -0.15) is 0 Å². The van der Waals surface area contributed by atoms with Gasteiger partial charge < -0.3 is 15.8 Å². The highest BCUT2D eigenvalue weighted by molar-refractivity contribution is 5.80. The van der Waals surface area contributed by atoms with Crippen LogP contribution in [-0.2, 0) is 0 Å². The van der Waals surface area contributed by atoms with E-state index in [4.69, 9.17) is 10.9 Å².